The lowest BCUT2D eigenvalue weighted by atomic mass is 10.0. The smallest absolute Gasteiger partial charge is 0.339 e. The number of para-hydroxylation sites is 1. The number of nitrogens with one attached hydrogen (secondary N) is 1. The molecule has 0 saturated carbocycles. The highest BCUT2D eigenvalue weighted by molar-refractivity contribution is 6.04. The largest absolute Gasteiger partial charge is 0.453 e. The molecule has 2 amide bonds. The number of anilines is 1. The van der Waals surface area contributed by atoms with Gasteiger partial charge in [0.05, 0.1) is 23.2 Å². The lowest BCUT2D eigenvalue weighted by Crippen LogP contribution is -2.36. The van der Waals surface area contributed by atoms with E-state index < -0.39 is 12.1 Å². The lowest BCUT2D eigenvalue weighted by Gasteiger charge is -2.27. The molecule has 2 aromatic carbocycles. The number of cyclic esters (lactones) is 1. The zero-order chi connectivity index (χ0) is 19.5. The Morgan fingerprint density at radius 3 is 2.54 bits per heavy atom. The van der Waals surface area contributed by atoms with Crippen LogP contribution in [0.4, 0.5) is 5.69 Å². The van der Waals surface area contributed by atoms with E-state index >= 15 is 0 Å². The van der Waals surface area contributed by atoms with E-state index in [9.17, 15) is 14.4 Å². The minimum absolute atomic E-state index is 0.00892. The molecule has 1 N–H and O–H groups in total. The topological polar surface area (TPSA) is 75.7 Å². The van der Waals surface area contributed by atoms with Crippen LogP contribution in [-0.4, -0.2) is 35.8 Å². The summed E-state index contributed by atoms with van der Waals surface area (Å²) in [7, 11) is 0. The number of rotatable bonds is 4. The first-order valence-corrected chi connectivity index (χ1v) is 9.61. The molecule has 6 heteroatoms. The van der Waals surface area contributed by atoms with Crippen LogP contribution in [0, 0.1) is 0 Å². The van der Waals surface area contributed by atoms with Crippen LogP contribution in [0.25, 0.3) is 0 Å². The van der Waals surface area contributed by atoms with Gasteiger partial charge in [0.1, 0.15) is 6.10 Å². The van der Waals surface area contributed by atoms with Crippen LogP contribution < -0.4 is 5.32 Å². The van der Waals surface area contributed by atoms with E-state index in [1.165, 1.54) is 0 Å². The molecule has 2 aliphatic heterocycles. The Kier molecular flexibility index (Phi) is 5.10. The number of carbonyl (C=O) groups is 3. The van der Waals surface area contributed by atoms with Gasteiger partial charge in [0, 0.05) is 18.7 Å². The van der Waals surface area contributed by atoms with Crippen LogP contribution in [0.2, 0.25) is 0 Å². The van der Waals surface area contributed by atoms with Crippen LogP contribution in [0.3, 0.4) is 0 Å². The summed E-state index contributed by atoms with van der Waals surface area (Å²) in [5.74, 6) is -0.768. The number of carbonyl (C=O) groups excluding carboxylic acids is 3. The molecule has 6 nitrogen and oxygen atoms in total. The monoisotopic (exact) mass is 378 g/mol. The molecule has 2 aliphatic rings. The van der Waals surface area contributed by atoms with Gasteiger partial charge in [-0.3, -0.25) is 9.59 Å². The number of fused-ring (bicyclic) bond motifs is 1. The van der Waals surface area contributed by atoms with Crippen molar-refractivity contribution in [1.82, 2.24) is 4.90 Å². The molecule has 2 heterocycles. The second-order valence-corrected chi connectivity index (χ2v) is 7.13. The number of hydrogen-bond donors (Lipinski definition) is 1. The number of hydrogen-bond acceptors (Lipinski definition) is 4. The lowest BCUT2D eigenvalue weighted by molar-refractivity contribution is -0.118. The second-order valence-electron chi connectivity index (χ2n) is 7.13. The molecule has 1 fully saturated rings. The fourth-order valence-corrected chi connectivity index (χ4v) is 3.79. The maximum atomic E-state index is 12.9. The van der Waals surface area contributed by atoms with Crippen molar-refractivity contribution in [3.8, 4) is 0 Å². The molecule has 4 rings (SSSR count). The molecule has 0 aromatic heterocycles. The van der Waals surface area contributed by atoms with E-state index in [0.717, 1.165) is 37.9 Å². The number of esters is 1. The van der Waals surface area contributed by atoms with E-state index in [1.54, 1.807) is 42.5 Å². The van der Waals surface area contributed by atoms with Crippen molar-refractivity contribution in [3.63, 3.8) is 0 Å². The van der Waals surface area contributed by atoms with Crippen LogP contribution in [0.1, 0.15) is 58.1 Å². The quantitative estimate of drug-likeness (QED) is 0.826. The number of nitrogens with zero attached hydrogens (tertiary/aromatic N) is 1. The maximum Gasteiger partial charge on any atom is 0.339 e. The molecule has 0 aliphatic carbocycles. The molecular formula is C22H22N2O4. The number of piperidine rings is 1. The molecule has 28 heavy (non-hydrogen) atoms. The minimum Gasteiger partial charge on any atom is -0.453 e. The maximum absolute atomic E-state index is 12.9. The van der Waals surface area contributed by atoms with Gasteiger partial charge in [-0.15, -0.1) is 0 Å². The van der Waals surface area contributed by atoms with E-state index in [-0.39, 0.29) is 18.2 Å². The van der Waals surface area contributed by atoms with Gasteiger partial charge in [0.2, 0.25) is 5.91 Å². The third-order valence-electron chi connectivity index (χ3n) is 5.22. The van der Waals surface area contributed by atoms with Gasteiger partial charge in [0.15, 0.2) is 0 Å². The van der Waals surface area contributed by atoms with Crippen molar-refractivity contribution in [2.24, 2.45) is 0 Å². The normalized spacial score (nSPS) is 18.4. The summed E-state index contributed by atoms with van der Waals surface area (Å²) >= 11 is 0. The van der Waals surface area contributed by atoms with Gasteiger partial charge >= 0.3 is 5.97 Å². The molecule has 1 saturated heterocycles. The summed E-state index contributed by atoms with van der Waals surface area (Å²) in [5, 5.41) is 2.83. The SMILES string of the molecule is O=C(C[C@H]1OC(=O)c2ccccc21)Nc1ccccc1C(=O)N1CCCCC1. The summed E-state index contributed by atoms with van der Waals surface area (Å²) in [6.07, 6.45) is 2.56. The zero-order valence-electron chi connectivity index (χ0n) is 15.5. The summed E-state index contributed by atoms with van der Waals surface area (Å²) in [4.78, 5) is 39.2. The third kappa shape index (κ3) is 3.63. The van der Waals surface area contributed by atoms with E-state index in [1.807, 2.05) is 11.0 Å². The summed E-state index contributed by atoms with van der Waals surface area (Å²) in [6, 6.07) is 14.1. The first-order chi connectivity index (χ1) is 13.6. The average molecular weight is 378 g/mol. The second kappa shape index (κ2) is 7.84. The molecule has 2 aromatic rings. The zero-order valence-corrected chi connectivity index (χ0v) is 15.5. The Balaban J connectivity index is 1.47. The Hall–Kier alpha value is -3.15. The number of amides is 2. The van der Waals surface area contributed by atoms with E-state index in [2.05, 4.69) is 5.32 Å². The molecule has 0 unspecified atom stereocenters. The Morgan fingerprint density at radius 1 is 1.00 bits per heavy atom. The predicted octanol–water partition coefficient (Wildman–Crippen LogP) is 3.55. The number of ether oxygens (including phenoxy) is 1. The number of benzene rings is 2. The van der Waals surface area contributed by atoms with Crippen molar-refractivity contribution >= 4 is 23.5 Å². The van der Waals surface area contributed by atoms with Crippen molar-refractivity contribution < 1.29 is 19.1 Å². The van der Waals surface area contributed by atoms with Crippen LogP contribution >= 0.6 is 0 Å². The summed E-state index contributed by atoms with van der Waals surface area (Å²) in [5.41, 5.74) is 2.20. The van der Waals surface area contributed by atoms with Crippen molar-refractivity contribution in [2.45, 2.75) is 31.8 Å². The summed E-state index contributed by atoms with van der Waals surface area (Å²) < 4.78 is 5.34. The highest BCUT2D eigenvalue weighted by Gasteiger charge is 2.32. The van der Waals surface area contributed by atoms with Gasteiger partial charge < -0.3 is 15.0 Å². The highest BCUT2D eigenvalue weighted by Crippen LogP contribution is 2.33. The minimum atomic E-state index is -0.603. The molecule has 144 valence electrons. The van der Waals surface area contributed by atoms with Crippen LogP contribution in [0.5, 0.6) is 0 Å². The molecule has 0 radical (unpaired) electrons. The van der Waals surface area contributed by atoms with E-state index in [0.29, 0.717) is 16.8 Å². The van der Waals surface area contributed by atoms with Crippen LogP contribution in [-0.2, 0) is 9.53 Å². The van der Waals surface area contributed by atoms with Crippen LogP contribution in [0.15, 0.2) is 48.5 Å². The molecule has 0 spiro atoms. The van der Waals surface area contributed by atoms with Gasteiger partial charge in [-0.05, 0) is 37.5 Å². The van der Waals surface area contributed by atoms with Gasteiger partial charge in [-0.2, -0.15) is 0 Å². The highest BCUT2D eigenvalue weighted by atomic mass is 16.5. The fourth-order valence-electron chi connectivity index (χ4n) is 3.79. The Bertz CT molecular complexity index is 918. The van der Waals surface area contributed by atoms with Gasteiger partial charge in [-0.1, -0.05) is 30.3 Å². The Labute approximate surface area is 163 Å². The standard InChI is InChI=1S/C22H22N2O4/c25-20(14-19-15-8-2-3-9-16(15)22(27)28-19)23-18-11-5-4-10-17(18)21(26)24-12-6-1-7-13-24/h2-5,8-11,19H,1,6-7,12-14H2,(H,23,25)/t19-/m1/s1. The summed E-state index contributed by atoms with van der Waals surface area (Å²) in [6.45, 7) is 1.49. The Morgan fingerprint density at radius 2 is 1.71 bits per heavy atom. The first-order valence-electron chi connectivity index (χ1n) is 9.61. The van der Waals surface area contributed by atoms with Crippen molar-refractivity contribution in [1.29, 1.82) is 0 Å². The first kappa shape index (κ1) is 18.2. The molecule has 1 atom stereocenters. The third-order valence-corrected chi connectivity index (χ3v) is 5.22. The van der Waals surface area contributed by atoms with Gasteiger partial charge in [-0.25, -0.2) is 4.79 Å². The fraction of sp³-hybridized carbons (Fsp3) is 0.318. The average Bonchev–Trinajstić information content (AvgIpc) is 3.04. The number of likely N-dealkylation sites (tertiary alicyclic amines) is 1. The van der Waals surface area contributed by atoms with Crippen molar-refractivity contribution in [3.05, 3.63) is 65.2 Å². The molecule has 0 bridgehead atoms. The molecular weight excluding hydrogens is 356 g/mol. The van der Waals surface area contributed by atoms with E-state index in [4.69, 9.17) is 4.74 Å². The predicted molar refractivity (Wildman–Crippen MR) is 104 cm³/mol. The van der Waals surface area contributed by atoms with Crippen molar-refractivity contribution in [2.75, 3.05) is 18.4 Å². The van der Waals surface area contributed by atoms with Gasteiger partial charge in [0.25, 0.3) is 5.91 Å².